The predicted molar refractivity (Wildman–Crippen MR) is 148 cm³/mol. The van der Waals surface area contributed by atoms with E-state index in [1.165, 1.54) is 42.7 Å². The minimum absolute atomic E-state index is 0.0430. The smallest absolute Gasteiger partial charge is 0.302 e. The number of anilines is 1. The molecule has 0 spiro atoms. The van der Waals surface area contributed by atoms with Crippen LogP contribution in [0.3, 0.4) is 0 Å². The molecule has 1 saturated carbocycles. The van der Waals surface area contributed by atoms with Crippen molar-refractivity contribution in [2.24, 2.45) is 5.92 Å². The van der Waals surface area contributed by atoms with Crippen molar-refractivity contribution < 1.29 is 14.3 Å². The molecule has 1 heterocycles. The normalized spacial score (nSPS) is 18.4. The Morgan fingerprint density at radius 2 is 1.86 bits per heavy atom. The summed E-state index contributed by atoms with van der Waals surface area (Å²) in [7, 11) is 0. The first kappa shape index (κ1) is 27.3. The van der Waals surface area contributed by atoms with E-state index < -0.39 is 0 Å². The number of hydrogen-bond acceptors (Lipinski definition) is 4. The number of esters is 1. The van der Waals surface area contributed by atoms with Crippen LogP contribution >= 0.6 is 0 Å². The van der Waals surface area contributed by atoms with Gasteiger partial charge in [-0.1, -0.05) is 69.3 Å². The van der Waals surface area contributed by atoms with Gasteiger partial charge in [-0.15, -0.1) is 0 Å². The third-order valence-electron chi connectivity index (χ3n) is 6.75. The number of amides is 1. The molecule has 1 N–H and O–H groups in total. The zero-order valence-corrected chi connectivity index (χ0v) is 22.0. The van der Waals surface area contributed by atoms with Gasteiger partial charge in [-0.05, 0) is 55.5 Å². The zero-order valence-electron chi connectivity index (χ0n) is 22.0. The molecule has 2 aliphatic rings. The first-order valence-corrected chi connectivity index (χ1v) is 13.1. The van der Waals surface area contributed by atoms with Crippen LogP contribution in [0.1, 0.15) is 80.4 Å². The minimum atomic E-state index is -0.264. The van der Waals surface area contributed by atoms with E-state index in [2.05, 4.69) is 84.4 Å². The molecule has 36 heavy (non-hydrogen) atoms. The molecule has 0 aromatic heterocycles. The molecule has 2 unspecified atom stereocenters. The lowest BCUT2D eigenvalue weighted by Crippen LogP contribution is -2.38. The molecular weight excluding hydrogens is 448 g/mol. The Labute approximate surface area is 216 Å². The van der Waals surface area contributed by atoms with Crippen molar-refractivity contribution in [3.8, 4) is 0 Å². The van der Waals surface area contributed by atoms with Gasteiger partial charge in [-0.3, -0.25) is 9.59 Å². The van der Waals surface area contributed by atoms with Gasteiger partial charge in [0.05, 0.1) is 6.04 Å². The van der Waals surface area contributed by atoms with E-state index in [0.29, 0.717) is 24.6 Å². The van der Waals surface area contributed by atoms with E-state index in [9.17, 15) is 9.59 Å². The summed E-state index contributed by atoms with van der Waals surface area (Å²) in [6.45, 7) is 15.0. The summed E-state index contributed by atoms with van der Waals surface area (Å²) in [6, 6.07) is 17.6. The molecule has 192 valence electrons. The summed E-state index contributed by atoms with van der Waals surface area (Å²) in [6.07, 6.45) is 7.20. The number of carbonyl (C=O) groups excluding carboxylic acids is 2. The number of unbranched alkanes of at least 4 members (excludes halogenated alkanes) is 1. The van der Waals surface area contributed by atoms with Crippen molar-refractivity contribution >= 4 is 23.1 Å². The maximum Gasteiger partial charge on any atom is 0.302 e. The maximum absolute atomic E-state index is 12.6. The molecule has 0 radical (unpaired) electrons. The van der Waals surface area contributed by atoms with Gasteiger partial charge in [0, 0.05) is 42.2 Å². The van der Waals surface area contributed by atoms with Crippen molar-refractivity contribution in [1.29, 1.82) is 0 Å². The van der Waals surface area contributed by atoms with Gasteiger partial charge in [0.15, 0.2) is 0 Å². The van der Waals surface area contributed by atoms with E-state index in [0.717, 1.165) is 36.9 Å². The fourth-order valence-corrected chi connectivity index (χ4v) is 4.80. The number of rotatable bonds is 9. The lowest BCUT2D eigenvalue weighted by Gasteiger charge is -2.45. The first-order valence-electron chi connectivity index (χ1n) is 13.1. The summed E-state index contributed by atoms with van der Waals surface area (Å²) >= 11 is 0. The highest BCUT2D eigenvalue weighted by atomic mass is 16.5. The van der Waals surface area contributed by atoms with Crippen molar-refractivity contribution in [3.05, 3.63) is 84.5 Å². The van der Waals surface area contributed by atoms with Crippen LogP contribution in [-0.2, 0) is 9.53 Å². The van der Waals surface area contributed by atoms with E-state index in [-0.39, 0.29) is 11.9 Å². The predicted octanol–water partition coefficient (Wildman–Crippen LogP) is 6.72. The monoisotopic (exact) mass is 488 g/mol. The Bertz CT molecular complexity index is 1060. The number of hydrogen-bond donors (Lipinski definition) is 1. The second-order valence-electron chi connectivity index (χ2n) is 9.49. The van der Waals surface area contributed by atoms with Gasteiger partial charge in [-0.25, -0.2) is 0 Å². The van der Waals surface area contributed by atoms with Crippen LogP contribution in [-0.4, -0.2) is 31.1 Å². The molecule has 1 aliphatic carbocycles. The summed E-state index contributed by atoms with van der Waals surface area (Å²) in [5.41, 5.74) is 5.61. The van der Waals surface area contributed by atoms with Crippen LogP contribution in [0, 0.1) is 5.92 Å². The van der Waals surface area contributed by atoms with E-state index in [4.69, 9.17) is 0 Å². The van der Waals surface area contributed by atoms with Crippen molar-refractivity contribution in [2.75, 3.05) is 18.1 Å². The minimum Gasteiger partial charge on any atom is -0.462 e. The summed E-state index contributed by atoms with van der Waals surface area (Å²) < 4.78 is 4.43. The molecule has 5 heteroatoms. The second-order valence-corrected chi connectivity index (χ2v) is 9.49. The summed E-state index contributed by atoms with van der Waals surface area (Å²) in [5.74, 6) is 0.132. The molecule has 1 amide bonds. The Morgan fingerprint density at radius 1 is 1.14 bits per heavy atom. The lowest BCUT2D eigenvalue weighted by molar-refractivity contribution is -0.139. The average Bonchev–Trinajstić information content (AvgIpc) is 3.71. The van der Waals surface area contributed by atoms with Crippen LogP contribution in [0.25, 0.3) is 5.57 Å². The lowest BCUT2D eigenvalue weighted by atomic mass is 9.76. The zero-order chi connectivity index (χ0) is 26.1. The maximum atomic E-state index is 12.6. The molecule has 1 fully saturated rings. The highest BCUT2D eigenvalue weighted by Crippen LogP contribution is 2.49. The van der Waals surface area contributed by atoms with Crippen molar-refractivity contribution in [3.63, 3.8) is 0 Å². The third kappa shape index (κ3) is 6.87. The third-order valence-corrected chi connectivity index (χ3v) is 6.75. The average molecular weight is 489 g/mol. The number of ether oxygens (including phenoxy) is 1. The number of fused-ring (bicyclic) bond motifs is 1. The number of nitrogens with one attached hydrogen (secondary N) is 1. The molecule has 5 nitrogen and oxygen atoms in total. The molecular formula is C31H40N2O3. The topological polar surface area (TPSA) is 58.6 Å². The Hall–Kier alpha value is -3.34. The van der Waals surface area contributed by atoms with Gasteiger partial charge in [-0.2, -0.15) is 0 Å². The van der Waals surface area contributed by atoms with Crippen molar-refractivity contribution in [2.45, 2.75) is 65.0 Å². The van der Waals surface area contributed by atoms with Gasteiger partial charge in [0.25, 0.3) is 5.91 Å². The van der Waals surface area contributed by atoms with Gasteiger partial charge in [0.2, 0.25) is 0 Å². The van der Waals surface area contributed by atoms with E-state index in [1.54, 1.807) is 0 Å². The quantitative estimate of drug-likeness (QED) is 0.315. The second kappa shape index (κ2) is 13.1. The van der Waals surface area contributed by atoms with Crippen LogP contribution in [0.4, 0.5) is 5.69 Å². The molecule has 1 aliphatic heterocycles. The molecule has 2 aromatic rings. The van der Waals surface area contributed by atoms with Crippen LogP contribution in [0.2, 0.25) is 0 Å². The molecule has 0 saturated heterocycles. The van der Waals surface area contributed by atoms with Crippen LogP contribution in [0.15, 0.2) is 67.8 Å². The number of nitrogens with zero attached hydrogens (tertiary/aromatic N) is 1. The standard InChI is InChI=1S/C26H32N2O.C5H8O2/c1-4-6-12-22-18(3)23-17-20(26(29)27-21-14-15-21)13-16-24(23)28(5-2)25(22)19-10-8-7-9-11-19;1-3-4-7-5(2)6/h7-11,13,16-17,21-22,25H,3-6,12,14-15H2,1-2H3,(H,27,29);3H,1,4H2,2H3. The largest absolute Gasteiger partial charge is 0.462 e. The Morgan fingerprint density at radius 3 is 2.42 bits per heavy atom. The fraction of sp³-hybridized carbons (Fsp3) is 0.419. The SMILES string of the molecule is C=C1c2cc(C(=O)NC3CC3)ccc2N(CC)C(c2ccccc2)C1CCCC.C=CCOC(C)=O. The summed E-state index contributed by atoms with van der Waals surface area (Å²) in [5, 5.41) is 3.11. The van der Waals surface area contributed by atoms with Crippen LogP contribution in [0.5, 0.6) is 0 Å². The van der Waals surface area contributed by atoms with Gasteiger partial charge in [0.1, 0.15) is 6.61 Å². The fourth-order valence-electron chi connectivity index (χ4n) is 4.80. The molecule has 2 atom stereocenters. The molecule has 0 bridgehead atoms. The molecule has 4 rings (SSSR count). The van der Waals surface area contributed by atoms with Gasteiger partial charge < -0.3 is 15.0 Å². The molecule has 2 aromatic carbocycles. The number of carbonyl (C=O) groups is 2. The van der Waals surface area contributed by atoms with Crippen molar-refractivity contribution in [1.82, 2.24) is 5.32 Å². The highest BCUT2D eigenvalue weighted by Gasteiger charge is 2.37. The van der Waals surface area contributed by atoms with E-state index >= 15 is 0 Å². The summed E-state index contributed by atoms with van der Waals surface area (Å²) in [4.78, 5) is 25.1. The van der Waals surface area contributed by atoms with Crippen LogP contribution < -0.4 is 10.2 Å². The van der Waals surface area contributed by atoms with E-state index in [1.807, 2.05) is 6.07 Å². The Balaban J connectivity index is 0.000000454. The van der Waals surface area contributed by atoms with Gasteiger partial charge >= 0.3 is 5.97 Å². The highest BCUT2D eigenvalue weighted by molar-refractivity contribution is 5.97. The Kier molecular flexibility index (Phi) is 9.92. The first-order chi connectivity index (χ1) is 17.4. The number of benzene rings is 2.